The molecule has 0 aromatic carbocycles. The Balaban J connectivity index is 4.14. The second-order valence-electron chi connectivity index (χ2n) is 23.5. The summed E-state index contributed by atoms with van der Waals surface area (Å²) in [6, 6.07) is 0. The highest BCUT2D eigenvalue weighted by molar-refractivity contribution is 5.71. The number of unbranched alkanes of at least 4 members (excludes halogenated alkanes) is 51. The first-order valence-corrected chi connectivity index (χ1v) is 34.2. The van der Waals surface area contributed by atoms with E-state index >= 15 is 0 Å². The maximum absolute atomic E-state index is 12.9. The van der Waals surface area contributed by atoms with Crippen LogP contribution < -0.4 is 0 Å². The fourth-order valence-electron chi connectivity index (χ4n) is 10.6. The van der Waals surface area contributed by atoms with Crippen molar-refractivity contribution < 1.29 is 28.6 Å². The molecule has 0 aliphatic heterocycles. The number of hydrogen-bond acceptors (Lipinski definition) is 6. The van der Waals surface area contributed by atoms with E-state index < -0.39 is 6.10 Å². The summed E-state index contributed by atoms with van der Waals surface area (Å²) in [6.45, 7) is 6.71. The van der Waals surface area contributed by atoms with E-state index in [1.807, 2.05) is 0 Å². The molecule has 0 radical (unpaired) electrons. The third-order valence-corrected chi connectivity index (χ3v) is 15.8. The number of carbonyl (C=O) groups excluding carboxylic acids is 3. The molecule has 0 N–H and O–H groups in total. The fourth-order valence-corrected chi connectivity index (χ4v) is 10.6. The van der Waals surface area contributed by atoms with Gasteiger partial charge in [-0.2, -0.15) is 0 Å². The van der Waals surface area contributed by atoms with E-state index in [1.54, 1.807) is 0 Å². The van der Waals surface area contributed by atoms with Crippen molar-refractivity contribution in [2.24, 2.45) is 0 Å². The predicted molar refractivity (Wildman–Crippen MR) is 326 cm³/mol. The molecule has 0 heterocycles. The Hall–Kier alpha value is -1.85. The zero-order valence-electron chi connectivity index (χ0n) is 51.1. The third-order valence-electron chi connectivity index (χ3n) is 15.8. The number of allylic oxidation sites excluding steroid dienone is 2. The molecule has 0 saturated carbocycles. The number of rotatable bonds is 64. The summed E-state index contributed by atoms with van der Waals surface area (Å²) in [6.07, 6.45) is 76.7. The van der Waals surface area contributed by atoms with Crippen LogP contribution in [0.3, 0.4) is 0 Å². The summed E-state index contributed by atoms with van der Waals surface area (Å²) in [5.74, 6) is -0.830. The second kappa shape index (κ2) is 64.7. The average Bonchev–Trinajstić information content (AvgIpc) is 3.41. The van der Waals surface area contributed by atoms with Gasteiger partial charge in [0.05, 0.1) is 0 Å². The first kappa shape index (κ1) is 73.2. The molecule has 0 saturated heterocycles. The molecule has 0 aliphatic carbocycles. The predicted octanol–water partition coefficient (Wildman–Crippen LogP) is 23.2. The number of hydrogen-bond donors (Lipinski definition) is 0. The molecular weight excluding hydrogens is 925 g/mol. The monoisotopic (exact) mass is 1060 g/mol. The van der Waals surface area contributed by atoms with Crippen LogP contribution in [0.2, 0.25) is 0 Å². The van der Waals surface area contributed by atoms with Crippen LogP contribution in [0, 0.1) is 0 Å². The lowest BCUT2D eigenvalue weighted by molar-refractivity contribution is -0.167. The van der Waals surface area contributed by atoms with Gasteiger partial charge in [-0.15, -0.1) is 0 Å². The summed E-state index contributed by atoms with van der Waals surface area (Å²) in [4.78, 5) is 38.3. The van der Waals surface area contributed by atoms with Gasteiger partial charge in [-0.3, -0.25) is 14.4 Å². The molecule has 1 unspecified atom stereocenters. The molecule has 0 fully saturated rings. The summed E-state index contributed by atoms with van der Waals surface area (Å²) in [5.41, 5.74) is 0. The van der Waals surface area contributed by atoms with Crippen LogP contribution in [0.25, 0.3) is 0 Å². The Morgan fingerprint density at radius 1 is 0.253 bits per heavy atom. The molecule has 0 bridgehead atoms. The quantitative estimate of drug-likeness (QED) is 0.0261. The zero-order chi connectivity index (χ0) is 54.3. The van der Waals surface area contributed by atoms with E-state index in [4.69, 9.17) is 14.2 Å². The van der Waals surface area contributed by atoms with Crippen LogP contribution in [0.5, 0.6) is 0 Å². The smallest absolute Gasteiger partial charge is 0.306 e. The maximum atomic E-state index is 12.9. The average molecular weight is 1060 g/mol. The van der Waals surface area contributed by atoms with Gasteiger partial charge >= 0.3 is 17.9 Å². The molecular formula is C69H132O6. The van der Waals surface area contributed by atoms with Crippen LogP contribution in [-0.4, -0.2) is 37.2 Å². The van der Waals surface area contributed by atoms with Gasteiger partial charge in [0.15, 0.2) is 6.10 Å². The van der Waals surface area contributed by atoms with Crippen LogP contribution in [-0.2, 0) is 28.6 Å². The summed E-state index contributed by atoms with van der Waals surface area (Å²) in [7, 11) is 0. The minimum atomic E-state index is -0.764. The van der Waals surface area contributed by atoms with Gasteiger partial charge in [0.1, 0.15) is 13.2 Å². The van der Waals surface area contributed by atoms with E-state index in [1.165, 1.54) is 295 Å². The highest BCUT2D eigenvalue weighted by Gasteiger charge is 2.19. The molecule has 0 amide bonds. The maximum Gasteiger partial charge on any atom is 0.306 e. The van der Waals surface area contributed by atoms with E-state index in [-0.39, 0.29) is 31.1 Å². The van der Waals surface area contributed by atoms with Gasteiger partial charge in [0.2, 0.25) is 0 Å². The summed E-state index contributed by atoms with van der Waals surface area (Å²) >= 11 is 0. The molecule has 1 atom stereocenters. The molecule has 6 nitrogen and oxygen atoms in total. The van der Waals surface area contributed by atoms with Crippen LogP contribution in [0.4, 0.5) is 0 Å². The molecule has 0 spiro atoms. The van der Waals surface area contributed by atoms with E-state index in [2.05, 4.69) is 32.9 Å². The Labute approximate surface area is 469 Å². The molecule has 6 heteroatoms. The Morgan fingerprint density at radius 2 is 0.440 bits per heavy atom. The normalized spacial score (nSPS) is 12.0. The van der Waals surface area contributed by atoms with Crippen molar-refractivity contribution in [2.45, 2.75) is 399 Å². The SMILES string of the molecule is CCCCCCCCCC/C=C\CCCCCCCCCCCCCCCCCC(=O)OCC(COC(=O)CCCCCCCCCCCCC)OC(=O)CCCCCCCCCCCCCCCCCCCCC. The second-order valence-corrected chi connectivity index (χ2v) is 23.5. The zero-order valence-corrected chi connectivity index (χ0v) is 51.1. The first-order chi connectivity index (χ1) is 37.0. The lowest BCUT2D eigenvalue weighted by Crippen LogP contribution is -2.30. The van der Waals surface area contributed by atoms with Gasteiger partial charge in [0, 0.05) is 19.3 Å². The van der Waals surface area contributed by atoms with Crippen molar-refractivity contribution in [2.75, 3.05) is 13.2 Å². The van der Waals surface area contributed by atoms with E-state index in [0.717, 1.165) is 57.8 Å². The van der Waals surface area contributed by atoms with E-state index in [9.17, 15) is 14.4 Å². The van der Waals surface area contributed by atoms with Crippen molar-refractivity contribution >= 4 is 17.9 Å². The first-order valence-electron chi connectivity index (χ1n) is 34.2. The van der Waals surface area contributed by atoms with Gasteiger partial charge in [-0.1, -0.05) is 341 Å². The number of ether oxygens (including phenoxy) is 3. The number of carbonyl (C=O) groups is 3. The standard InChI is InChI=1S/C69H132O6/c1-4-7-10-13-16-19-22-24-26-28-30-31-32-33-34-35-36-37-39-40-42-44-47-50-53-56-59-62-68(71)74-65-66(64-73-67(70)61-58-55-52-49-46-21-18-15-12-9-6-3)75-69(72)63-60-57-54-51-48-45-43-41-38-29-27-25-23-20-17-14-11-8-5-2/h28,30,66H,4-27,29,31-65H2,1-3H3/b30-28-. The molecule has 0 aromatic heterocycles. The van der Waals surface area contributed by atoms with Crippen molar-refractivity contribution in [3.63, 3.8) is 0 Å². The molecule has 75 heavy (non-hydrogen) atoms. The number of esters is 3. The highest BCUT2D eigenvalue weighted by Crippen LogP contribution is 2.19. The molecule has 444 valence electrons. The van der Waals surface area contributed by atoms with Gasteiger partial charge < -0.3 is 14.2 Å². The van der Waals surface area contributed by atoms with Gasteiger partial charge in [0.25, 0.3) is 0 Å². The summed E-state index contributed by atoms with van der Waals surface area (Å²) < 4.78 is 17.0. The topological polar surface area (TPSA) is 78.9 Å². The molecule has 0 rings (SSSR count). The third kappa shape index (κ3) is 62.9. The van der Waals surface area contributed by atoms with Crippen molar-refractivity contribution in [3.05, 3.63) is 12.2 Å². The van der Waals surface area contributed by atoms with Crippen molar-refractivity contribution in [1.29, 1.82) is 0 Å². The van der Waals surface area contributed by atoms with E-state index in [0.29, 0.717) is 19.3 Å². The lowest BCUT2D eigenvalue weighted by atomic mass is 10.0. The summed E-state index contributed by atoms with van der Waals surface area (Å²) in [5, 5.41) is 0. The van der Waals surface area contributed by atoms with Gasteiger partial charge in [-0.05, 0) is 44.9 Å². The Morgan fingerprint density at radius 3 is 0.667 bits per heavy atom. The van der Waals surface area contributed by atoms with Crippen molar-refractivity contribution in [1.82, 2.24) is 0 Å². The Kier molecular flexibility index (Phi) is 63.1. The molecule has 0 aromatic rings. The van der Waals surface area contributed by atoms with Crippen molar-refractivity contribution in [3.8, 4) is 0 Å². The minimum Gasteiger partial charge on any atom is -0.462 e. The highest BCUT2D eigenvalue weighted by atomic mass is 16.6. The van der Waals surface area contributed by atoms with Crippen LogP contribution in [0.1, 0.15) is 393 Å². The minimum absolute atomic E-state index is 0.0627. The van der Waals surface area contributed by atoms with Crippen LogP contribution >= 0.6 is 0 Å². The largest absolute Gasteiger partial charge is 0.462 e. The van der Waals surface area contributed by atoms with Crippen LogP contribution in [0.15, 0.2) is 12.2 Å². The molecule has 0 aliphatic rings. The lowest BCUT2D eigenvalue weighted by Gasteiger charge is -2.18. The fraction of sp³-hybridized carbons (Fsp3) is 0.928. The van der Waals surface area contributed by atoms with Gasteiger partial charge in [-0.25, -0.2) is 0 Å². The Bertz CT molecular complexity index is 1170.